The van der Waals surface area contributed by atoms with Crippen LogP contribution in [0.3, 0.4) is 0 Å². The molecule has 0 saturated carbocycles. The fourth-order valence-corrected chi connectivity index (χ4v) is 2.88. The van der Waals surface area contributed by atoms with Gasteiger partial charge in [0.15, 0.2) is 0 Å². The lowest BCUT2D eigenvalue weighted by molar-refractivity contribution is 0.349. The Morgan fingerprint density at radius 2 is 2.00 bits per heavy atom. The molecule has 3 rings (SSSR count). The highest BCUT2D eigenvalue weighted by Gasteiger charge is 2.21. The topological polar surface area (TPSA) is 30.5 Å². The molecule has 2 aromatic rings. The zero-order valence-electron chi connectivity index (χ0n) is 12.6. The number of hydrogen-bond donors (Lipinski definition) is 1. The van der Waals surface area contributed by atoms with Gasteiger partial charge in [-0.1, -0.05) is 30.3 Å². The average Bonchev–Trinajstić information content (AvgIpc) is 3.02. The molecule has 0 aliphatic carbocycles. The quantitative estimate of drug-likeness (QED) is 0.914. The van der Waals surface area contributed by atoms with Crippen molar-refractivity contribution in [2.45, 2.75) is 18.9 Å². The number of methoxy groups -OCH3 is 1. The third-order valence-electron chi connectivity index (χ3n) is 4.07. The minimum Gasteiger partial charge on any atom is -0.497 e. The van der Waals surface area contributed by atoms with Crippen LogP contribution in [0, 0.1) is 0 Å². The second-order valence-corrected chi connectivity index (χ2v) is 5.33. The van der Waals surface area contributed by atoms with Crippen molar-refractivity contribution in [2.24, 2.45) is 0 Å². The van der Waals surface area contributed by atoms with E-state index in [1.807, 2.05) is 19.2 Å². The molecule has 0 aromatic heterocycles. The van der Waals surface area contributed by atoms with Crippen LogP contribution in [0.25, 0.3) is 0 Å². The van der Waals surface area contributed by atoms with E-state index in [2.05, 4.69) is 35.6 Å². The summed E-state index contributed by atoms with van der Waals surface area (Å²) < 4.78 is 11.0. The van der Waals surface area contributed by atoms with Gasteiger partial charge in [-0.15, -0.1) is 0 Å². The van der Waals surface area contributed by atoms with E-state index >= 15 is 0 Å². The standard InChI is InChI=1S/C18H21NO2/c1-19-17(12-13-6-8-15(20-2)9-7-13)16-5-3-4-14-10-11-21-18(14)16/h3-9,17,19H,10-12H2,1-2H3. The number of hydrogen-bond acceptors (Lipinski definition) is 3. The second kappa shape index (κ2) is 6.19. The summed E-state index contributed by atoms with van der Waals surface area (Å²) in [5.41, 5.74) is 3.86. The molecule has 0 spiro atoms. The highest BCUT2D eigenvalue weighted by atomic mass is 16.5. The van der Waals surface area contributed by atoms with Crippen molar-refractivity contribution in [3.8, 4) is 11.5 Å². The van der Waals surface area contributed by atoms with Crippen molar-refractivity contribution >= 4 is 0 Å². The Morgan fingerprint density at radius 1 is 1.19 bits per heavy atom. The van der Waals surface area contributed by atoms with Gasteiger partial charge in [-0.05, 0) is 36.7 Å². The van der Waals surface area contributed by atoms with Crippen molar-refractivity contribution in [3.05, 3.63) is 59.2 Å². The molecule has 3 heteroatoms. The highest BCUT2D eigenvalue weighted by molar-refractivity contribution is 5.46. The first-order valence-corrected chi connectivity index (χ1v) is 7.36. The lowest BCUT2D eigenvalue weighted by Gasteiger charge is -2.19. The lowest BCUT2D eigenvalue weighted by Crippen LogP contribution is -2.19. The molecule has 0 bridgehead atoms. The molecule has 1 unspecified atom stereocenters. The van der Waals surface area contributed by atoms with Gasteiger partial charge in [0.2, 0.25) is 0 Å². The zero-order valence-corrected chi connectivity index (χ0v) is 12.6. The van der Waals surface area contributed by atoms with Crippen LogP contribution in [0.4, 0.5) is 0 Å². The Hall–Kier alpha value is -2.00. The summed E-state index contributed by atoms with van der Waals surface area (Å²) in [5.74, 6) is 1.97. The minimum absolute atomic E-state index is 0.256. The monoisotopic (exact) mass is 283 g/mol. The van der Waals surface area contributed by atoms with Crippen molar-refractivity contribution in [1.29, 1.82) is 0 Å². The predicted octanol–water partition coefficient (Wildman–Crippen LogP) is 3.13. The third kappa shape index (κ3) is 2.88. The number of fused-ring (bicyclic) bond motifs is 1. The maximum absolute atomic E-state index is 5.83. The maximum Gasteiger partial charge on any atom is 0.127 e. The number of nitrogens with one attached hydrogen (secondary N) is 1. The van der Waals surface area contributed by atoms with Crippen LogP contribution in [0.15, 0.2) is 42.5 Å². The van der Waals surface area contributed by atoms with Gasteiger partial charge in [0.05, 0.1) is 13.7 Å². The van der Waals surface area contributed by atoms with E-state index in [0.717, 1.165) is 30.9 Å². The molecule has 0 saturated heterocycles. The molecule has 21 heavy (non-hydrogen) atoms. The van der Waals surface area contributed by atoms with E-state index in [1.165, 1.54) is 16.7 Å². The van der Waals surface area contributed by atoms with Crippen LogP contribution < -0.4 is 14.8 Å². The van der Waals surface area contributed by atoms with Crippen LogP contribution >= 0.6 is 0 Å². The third-order valence-corrected chi connectivity index (χ3v) is 4.07. The van der Waals surface area contributed by atoms with E-state index in [0.29, 0.717) is 0 Å². The maximum atomic E-state index is 5.83. The number of ether oxygens (including phenoxy) is 2. The summed E-state index contributed by atoms with van der Waals surface area (Å²) in [6.45, 7) is 0.797. The molecule has 2 aromatic carbocycles. The number of likely N-dealkylation sites (N-methyl/N-ethyl adjacent to an activating group) is 1. The van der Waals surface area contributed by atoms with Crippen LogP contribution in [0.1, 0.15) is 22.7 Å². The number of para-hydroxylation sites is 1. The zero-order chi connectivity index (χ0) is 14.7. The Bertz CT molecular complexity index is 607. The first-order valence-electron chi connectivity index (χ1n) is 7.36. The molecule has 110 valence electrons. The average molecular weight is 283 g/mol. The van der Waals surface area contributed by atoms with Crippen LogP contribution in [0.5, 0.6) is 11.5 Å². The highest BCUT2D eigenvalue weighted by Crippen LogP contribution is 2.34. The van der Waals surface area contributed by atoms with Gasteiger partial charge >= 0.3 is 0 Å². The van der Waals surface area contributed by atoms with Gasteiger partial charge in [-0.2, -0.15) is 0 Å². The Balaban J connectivity index is 1.83. The van der Waals surface area contributed by atoms with Crippen LogP contribution in [0.2, 0.25) is 0 Å². The lowest BCUT2D eigenvalue weighted by atomic mass is 9.96. The molecule has 3 nitrogen and oxygen atoms in total. The van der Waals surface area contributed by atoms with E-state index in [4.69, 9.17) is 9.47 Å². The molecule has 1 N–H and O–H groups in total. The molecule has 1 heterocycles. The van der Waals surface area contributed by atoms with Crippen LogP contribution in [-0.2, 0) is 12.8 Å². The molecule has 1 aliphatic heterocycles. The van der Waals surface area contributed by atoms with E-state index in [9.17, 15) is 0 Å². The van der Waals surface area contributed by atoms with Gasteiger partial charge in [0, 0.05) is 18.0 Å². The Kier molecular flexibility index (Phi) is 4.11. The minimum atomic E-state index is 0.256. The smallest absolute Gasteiger partial charge is 0.127 e. The van der Waals surface area contributed by atoms with E-state index in [-0.39, 0.29) is 6.04 Å². The van der Waals surface area contributed by atoms with E-state index < -0.39 is 0 Å². The summed E-state index contributed by atoms with van der Waals surface area (Å²) in [5, 5.41) is 3.41. The molecule has 1 atom stereocenters. The second-order valence-electron chi connectivity index (χ2n) is 5.33. The molecule has 0 amide bonds. The largest absolute Gasteiger partial charge is 0.497 e. The molecule has 0 fully saturated rings. The first-order chi connectivity index (χ1) is 10.3. The Morgan fingerprint density at radius 3 is 2.71 bits per heavy atom. The van der Waals surface area contributed by atoms with Crippen molar-refractivity contribution in [2.75, 3.05) is 20.8 Å². The predicted molar refractivity (Wildman–Crippen MR) is 84.1 cm³/mol. The normalized spacial score (nSPS) is 14.4. The molecule has 0 radical (unpaired) electrons. The number of benzene rings is 2. The molecular formula is C18H21NO2. The first kappa shape index (κ1) is 14.0. The summed E-state index contributed by atoms with van der Waals surface area (Å²) in [6.07, 6.45) is 1.95. The van der Waals surface area contributed by atoms with Crippen molar-refractivity contribution < 1.29 is 9.47 Å². The van der Waals surface area contributed by atoms with E-state index in [1.54, 1.807) is 7.11 Å². The molecular weight excluding hydrogens is 262 g/mol. The van der Waals surface area contributed by atoms with Gasteiger partial charge < -0.3 is 14.8 Å². The summed E-state index contributed by atoms with van der Waals surface area (Å²) in [7, 11) is 3.69. The fourth-order valence-electron chi connectivity index (χ4n) is 2.88. The summed E-state index contributed by atoms with van der Waals surface area (Å²) in [4.78, 5) is 0. The summed E-state index contributed by atoms with van der Waals surface area (Å²) >= 11 is 0. The SMILES string of the molecule is CNC(Cc1ccc(OC)cc1)c1cccc2c1OCC2. The van der Waals surface area contributed by atoms with Gasteiger partial charge in [-0.25, -0.2) is 0 Å². The summed E-state index contributed by atoms with van der Waals surface area (Å²) in [6, 6.07) is 15.0. The van der Waals surface area contributed by atoms with Crippen LogP contribution in [-0.4, -0.2) is 20.8 Å². The Labute approximate surface area is 125 Å². The van der Waals surface area contributed by atoms with Gasteiger partial charge in [0.25, 0.3) is 0 Å². The fraction of sp³-hybridized carbons (Fsp3) is 0.333. The van der Waals surface area contributed by atoms with Crippen molar-refractivity contribution in [1.82, 2.24) is 5.32 Å². The van der Waals surface area contributed by atoms with Gasteiger partial charge in [0.1, 0.15) is 11.5 Å². The number of rotatable bonds is 5. The van der Waals surface area contributed by atoms with Crippen molar-refractivity contribution in [3.63, 3.8) is 0 Å². The molecule has 1 aliphatic rings. The van der Waals surface area contributed by atoms with Gasteiger partial charge in [-0.3, -0.25) is 0 Å².